The molecule has 0 saturated heterocycles. The van der Waals surface area contributed by atoms with Crippen LogP contribution < -0.4 is 14.8 Å². The first-order valence-corrected chi connectivity index (χ1v) is 11.6. The molecule has 2 N–H and O–H groups in total. The molecule has 37 heavy (non-hydrogen) atoms. The molecule has 0 bridgehead atoms. The zero-order chi connectivity index (χ0) is 26.4. The maximum atomic E-state index is 13.1. The number of anilines is 1. The topological polar surface area (TPSA) is 50.7 Å². The highest BCUT2D eigenvalue weighted by molar-refractivity contribution is 5.81. The molecule has 0 aromatic heterocycles. The van der Waals surface area contributed by atoms with E-state index >= 15 is 0 Å². The van der Waals surface area contributed by atoms with Crippen molar-refractivity contribution in [1.29, 1.82) is 0 Å². The molecule has 190 valence electrons. The molecular weight excluding hydrogens is 479 g/mol. The summed E-state index contributed by atoms with van der Waals surface area (Å²) in [6.07, 6.45) is -3.77. The van der Waals surface area contributed by atoms with Gasteiger partial charge in [-0.1, -0.05) is 49.0 Å². The second-order valence-corrected chi connectivity index (χ2v) is 8.35. The van der Waals surface area contributed by atoms with Gasteiger partial charge in [-0.25, -0.2) is 0 Å². The van der Waals surface area contributed by atoms with Crippen molar-refractivity contribution in [3.8, 4) is 28.4 Å². The molecule has 4 rings (SSSR count). The lowest BCUT2D eigenvalue weighted by atomic mass is 9.99. The third kappa shape index (κ3) is 6.44. The minimum Gasteiger partial charge on any atom is -0.507 e. The molecule has 0 aliphatic heterocycles. The van der Waals surface area contributed by atoms with Crippen molar-refractivity contribution in [1.82, 2.24) is 0 Å². The monoisotopic (exact) mass is 505 g/mol. The summed E-state index contributed by atoms with van der Waals surface area (Å²) in [6.45, 7) is 4.47. The van der Waals surface area contributed by atoms with Crippen LogP contribution in [0.5, 0.6) is 17.2 Å². The number of hydrogen-bond donors (Lipinski definition) is 2. The van der Waals surface area contributed by atoms with Gasteiger partial charge in [0.05, 0.1) is 19.3 Å². The minimum absolute atomic E-state index is 0.0440. The van der Waals surface area contributed by atoms with Crippen molar-refractivity contribution in [3.63, 3.8) is 0 Å². The zero-order valence-electron chi connectivity index (χ0n) is 20.2. The number of aromatic hydroxyl groups is 1. The van der Waals surface area contributed by atoms with E-state index in [-0.39, 0.29) is 5.75 Å². The Kier molecular flexibility index (Phi) is 7.72. The highest BCUT2D eigenvalue weighted by atomic mass is 19.4. The van der Waals surface area contributed by atoms with Crippen molar-refractivity contribution in [2.24, 2.45) is 0 Å². The Labute approximate surface area is 213 Å². The maximum Gasteiger partial charge on any atom is 0.416 e. The van der Waals surface area contributed by atoms with Crippen LogP contribution in [0.25, 0.3) is 16.8 Å². The zero-order valence-corrected chi connectivity index (χ0v) is 20.2. The molecule has 0 radical (unpaired) electrons. The summed E-state index contributed by atoms with van der Waals surface area (Å²) in [5.74, 6) is 1.41. The van der Waals surface area contributed by atoms with Crippen molar-refractivity contribution < 1.29 is 27.8 Å². The summed E-state index contributed by atoms with van der Waals surface area (Å²) < 4.78 is 50.7. The van der Waals surface area contributed by atoms with Crippen LogP contribution in [0.2, 0.25) is 0 Å². The number of phenols is 1. The van der Waals surface area contributed by atoms with Gasteiger partial charge in [0.25, 0.3) is 0 Å². The summed E-state index contributed by atoms with van der Waals surface area (Å²) >= 11 is 0. The summed E-state index contributed by atoms with van der Waals surface area (Å²) in [6, 6.07) is 24.7. The Hall–Kier alpha value is -4.39. The lowest BCUT2D eigenvalue weighted by molar-refractivity contribution is -0.137. The molecule has 4 nitrogen and oxygen atoms in total. The van der Waals surface area contributed by atoms with E-state index in [9.17, 15) is 18.3 Å². The molecule has 0 saturated carbocycles. The Morgan fingerprint density at radius 3 is 2.43 bits per heavy atom. The van der Waals surface area contributed by atoms with E-state index < -0.39 is 11.7 Å². The second-order valence-electron chi connectivity index (χ2n) is 8.35. The van der Waals surface area contributed by atoms with E-state index in [0.29, 0.717) is 46.9 Å². The number of para-hydroxylation sites is 1. The molecule has 0 heterocycles. The number of rotatable bonds is 9. The van der Waals surface area contributed by atoms with E-state index in [1.165, 1.54) is 12.1 Å². The van der Waals surface area contributed by atoms with Crippen LogP contribution in [-0.4, -0.2) is 18.8 Å². The van der Waals surface area contributed by atoms with Gasteiger partial charge >= 0.3 is 6.18 Å². The van der Waals surface area contributed by atoms with Crippen molar-refractivity contribution >= 4 is 11.4 Å². The smallest absolute Gasteiger partial charge is 0.416 e. The molecule has 0 amide bonds. The van der Waals surface area contributed by atoms with Crippen LogP contribution in [0, 0.1) is 0 Å². The Balaban J connectivity index is 1.46. The van der Waals surface area contributed by atoms with Gasteiger partial charge in [-0.2, -0.15) is 13.2 Å². The molecule has 0 atom stereocenters. The van der Waals surface area contributed by atoms with Crippen LogP contribution in [-0.2, 0) is 12.6 Å². The molecule has 0 aliphatic rings. The van der Waals surface area contributed by atoms with E-state index in [1.807, 2.05) is 42.5 Å². The minimum atomic E-state index is -4.44. The lowest BCUT2D eigenvalue weighted by Crippen LogP contribution is -2.04. The Morgan fingerprint density at radius 1 is 0.892 bits per heavy atom. The van der Waals surface area contributed by atoms with Crippen LogP contribution in [0.15, 0.2) is 97.6 Å². The standard InChI is InChI=1S/C30H26F3NO3/c1-20(27-18-23(13-14-28(27)35)22-8-5-9-24(17-22)30(31,32)33)34-25-10-6-11-26(19-25)37-16-15-21-7-3-4-12-29(21)36-2/h3-14,17-19,34-35H,1,15-16H2,2H3. The van der Waals surface area contributed by atoms with Gasteiger partial charge in [0.15, 0.2) is 0 Å². The first-order valence-electron chi connectivity index (χ1n) is 11.6. The highest BCUT2D eigenvalue weighted by Gasteiger charge is 2.30. The first-order chi connectivity index (χ1) is 17.7. The summed E-state index contributed by atoms with van der Waals surface area (Å²) in [5, 5.41) is 13.6. The third-order valence-electron chi connectivity index (χ3n) is 5.81. The fourth-order valence-corrected chi connectivity index (χ4v) is 3.93. The highest BCUT2D eigenvalue weighted by Crippen LogP contribution is 2.35. The average Bonchev–Trinajstić information content (AvgIpc) is 2.89. The van der Waals surface area contributed by atoms with Gasteiger partial charge in [-0.05, 0) is 59.2 Å². The number of halogens is 3. The molecule has 0 spiro atoms. The van der Waals surface area contributed by atoms with Crippen molar-refractivity contribution in [2.45, 2.75) is 12.6 Å². The average molecular weight is 506 g/mol. The fourth-order valence-electron chi connectivity index (χ4n) is 3.93. The number of nitrogens with one attached hydrogen (secondary N) is 1. The number of alkyl halides is 3. The van der Waals surface area contributed by atoms with E-state index in [0.717, 1.165) is 23.4 Å². The van der Waals surface area contributed by atoms with Gasteiger partial charge in [0, 0.05) is 29.4 Å². The normalized spacial score (nSPS) is 11.1. The van der Waals surface area contributed by atoms with Crippen LogP contribution in [0.3, 0.4) is 0 Å². The summed E-state index contributed by atoms with van der Waals surface area (Å²) in [7, 11) is 1.63. The lowest BCUT2D eigenvalue weighted by Gasteiger charge is -2.15. The van der Waals surface area contributed by atoms with Gasteiger partial charge < -0.3 is 19.9 Å². The van der Waals surface area contributed by atoms with Crippen LogP contribution in [0.1, 0.15) is 16.7 Å². The number of ether oxygens (including phenoxy) is 2. The predicted octanol–water partition coefficient (Wildman–Crippen LogP) is 7.79. The molecule has 0 fully saturated rings. The quantitative estimate of drug-likeness (QED) is 0.244. The van der Waals surface area contributed by atoms with Gasteiger partial charge in [-0.3, -0.25) is 0 Å². The second kappa shape index (κ2) is 11.1. The van der Waals surface area contributed by atoms with Crippen LogP contribution >= 0.6 is 0 Å². The molecule has 4 aromatic carbocycles. The first kappa shape index (κ1) is 25.7. The summed E-state index contributed by atoms with van der Waals surface area (Å²) in [5.41, 5.74) is 2.66. The third-order valence-corrected chi connectivity index (χ3v) is 5.81. The molecular formula is C30H26F3NO3. The largest absolute Gasteiger partial charge is 0.507 e. The van der Waals surface area contributed by atoms with Gasteiger partial charge in [0.2, 0.25) is 0 Å². The number of phenolic OH excluding ortho intramolecular Hbond substituents is 1. The SMILES string of the molecule is C=C(Nc1cccc(OCCc2ccccc2OC)c1)c1cc(-c2cccc(C(F)(F)F)c2)ccc1O. The van der Waals surface area contributed by atoms with Crippen molar-refractivity contribution in [3.05, 3.63) is 114 Å². The number of hydrogen-bond acceptors (Lipinski definition) is 4. The summed E-state index contributed by atoms with van der Waals surface area (Å²) in [4.78, 5) is 0. The molecule has 0 unspecified atom stereocenters. The van der Waals surface area contributed by atoms with E-state index in [1.54, 1.807) is 31.4 Å². The molecule has 0 aliphatic carbocycles. The molecule has 4 aromatic rings. The maximum absolute atomic E-state index is 13.1. The number of benzene rings is 4. The predicted molar refractivity (Wildman–Crippen MR) is 140 cm³/mol. The van der Waals surface area contributed by atoms with Crippen LogP contribution in [0.4, 0.5) is 18.9 Å². The Bertz CT molecular complexity index is 1400. The number of methoxy groups -OCH3 is 1. The molecule has 7 heteroatoms. The van der Waals surface area contributed by atoms with Crippen molar-refractivity contribution in [2.75, 3.05) is 19.0 Å². The van der Waals surface area contributed by atoms with E-state index in [4.69, 9.17) is 9.47 Å². The Morgan fingerprint density at radius 2 is 1.65 bits per heavy atom. The van der Waals surface area contributed by atoms with E-state index in [2.05, 4.69) is 11.9 Å². The van der Waals surface area contributed by atoms with Gasteiger partial charge in [-0.15, -0.1) is 0 Å². The van der Waals surface area contributed by atoms with Gasteiger partial charge in [0.1, 0.15) is 17.2 Å². The fraction of sp³-hybridized carbons (Fsp3) is 0.133.